The minimum absolute atomic E-state index is 0.0503. The van der Waals surface area contributed by atoms with Crippen molar-refractivity contribution >= 4 is 5.69 Å². The molecule has 2 fully saturated rings. The summed E-state index contributed by atoms with van der Waals surface area (Å²) in [6.07, 6.45) is 1.34. The fraction of sp³-hybridized carbons (Fsp3) is 0.625. The molecule has 1 aromatic rings. The van der Waals surface area contributed by atoms with Crippen LogP contribution < -0.4 is 4.90 Å². The second kappa shape index (κ2) is 5.52. The fourth-order valence-electron chi connectivity index (χ4n) is 3.87. The summed E-state index contributed by atoms with van der Waals surface area (Å²) >= 11 is 0. The first-order chi connectivity index (χ1) is 10.0. The lowest BCUT2D eigenvalue weighted by atomic mass is 9.85. The van der Waals surface area contributed by atoms with Crippen LogP contribution in [0.25, 0.3) is 0 Å². The van der Waals surface area contributed by atoms with Gasteiger partial charge in [0.1, 0.15) is 0 Å². The SMILES string of the molecule is OCc1ccc(N2CCC3CCCCC32)cc1C(F)(F)F. The monoisotopic (exact) mass is 299 g/mol. The van der Waals surface area contributed by atoms with Gasteiger partial charge in [-0.15, -0.1) is 0 Å². The lowest BCUT2D eigenvalue weighted by Gasteiger charge is -2.33. The van der Waals surface area contributed by atoms with Gasteiger partial charge < -0.3 is 10.0 Å². The van der Waals surface area contributed by atoms with Gasteiger partial charge in [-0.25, -0.2) is 0 Å². The molecular weight excluding hydrogens is 279 g/mol. The van der Waals surface area contributed by atoms with Crippen molar-refractivity contribution < 1.29 is 18.3 Å². The van der Waals surface area contributed by atoms with Crippen molar-refractivity contribution in [3.05, 3.63) is 29.3 Å². The average molecular weight is 299 g/mol. The maximum atomic E-state index is 13.1. The van der Waals surface area contributed by atoms with Crippen LogP contribution in [-0.4, -0.2) is 17.7 Å². The van der Waals surface area contributed by atoms with E-state index in [2.05, 4.69) is 4.90 Å². The van der Waals surface area contributed by atoms with Crippen molar-refractivity contribution in [1.29, 1.82) is 0 Å². The Kier molecular flexibility index (Phi) is 3.86. The molecule has 1 saturated carbocycles. The maximum absolute atomic E-state index is 13.1. The van der Waals surface area contributed by atoms with Crippen LogP contribution in [0.2, 0.25) is 0 Å². The van der Waals surface area contributed by atoms with Crippen molar-refractivity contribution in [3.63, 3.8) is 0 Å². The second-order valence-corrected chi connectivity index (χ2v) is 6.09. The Balaban J connectivity index is 1.92. The number of rotatable bonds is 2. The van der Waals surface area contributed by atoms with Gasteiger partial charge in [-0.05, 0) is 42.9 Å². The predicted octanol–water partition coefficient (Wildman–Crippen LogP) is 3.97. The van der Waals surface area contributed by atoms with E-state index < -0.39 is 18.3 Å². The number of alkyl halides is 3. The van der Waals surface area contributed by atoms with Gasteiger partial charge in [0.15, 0.2) is 0 Å². The van der Waals surface area contributed by atoms with E-state index in [1.54, 1.807) is 6.07 Å². The summed E-state index contributed by atoms with van der Waals surface area (Å²) in [6, 6.07) is 4.73. The molecule has 1 aliphatic heterocycles. The highest BCUT2D eigenvalue weighted by molar-refractivity contribution is 5.53. The van der Waals surface area contributed by atoms with Crippen molar-refractivity contribution in [3.8, 4) is 0 Å². The Morgan fingerprint density at radius 2 is 1.90 bits per heavy atom. The molecule has 0 spiro atoms. The standard InChI is InChI=1S/C16H20F3NO/c17-16(18,19)14-9-13(6-5-12(14)10-21)20-8-7-11-3-1-2-4-15(11)20/h5-6,9,11,15,21H,1-4,7-8,10H2. The van der Waals surface area contributed by atoms with Gasteiger partial charge in [0.2, 0.25) is 0 Å². The van der Waals surface area contributed by atoms with Crippen molar-refractivity contribution in [2.45, 2.75) is 50.9 Å². The van der Waals surface area contributed by atoms with E-state index in [0.29, 0.717) is 17.6 Å². The number of hydrogen-bond acceptors (Lipinski definition) is 2. The minimum atomic E-state index is -4.42. The van der Waals surface area contributed by atoms with Crippen LogP contribution in [0.1, 0.15) is 43.2 Å². The first-order valence-corrected chi connectivity index (χ1v) is 7.58. The van der Waals surface area contributed by atoms with Gasteiger partial charge >= 0.3 is 6.18 Å². The number of aliphatic hydroxyl groups is 1. The molecule has 1 saturated heterocycles. The van der Waals surface area contributed by atoms with E-state index in [1.807, 2.05) is 0 Å². The van der Waals surface area contributed by atoms with Crippen LogP contribution in [-0.2, 0) is 12.8 Å². The normalized spacial score (nSPS) is 26.0. The van der Waals surface area contributed by atoms with E-state index in [-0.39, 0.29) is 5.56 Å². The smallest absolute Gasteiger partial charge is 0.392 e. The Labute approximate surface area is 122 Å². The van der Waals surface area contributed by atoms with E-state index in [4.69, 9.17) is 5.11 Å². The van der Waals surface area contributed by atoms with Crippen molar-refractivity contribution in [2.24, 2.45) is 5.92 Å². The van der Waals surface area contributed by atoms with E-state index in [1.165, 1.54) is 31.4 Å². The predicted molar refractivity (Wildman–Crippen MR) is 75.1 cm³/mol. The fourth-order valence-corrected chi connectivity index (χ4v) is 3.87. The molecule has 1 heterocycles. The van der Waals surface area contributed by atoms with Crippen molar-refractivity contribution in [1.82, 2.24) is 0 Å². The Morgan fingerprint density at radius 1 is 1.14 bits per heavy atom. The summed E-state index contributed by atoms with van der Waals surface area (Å²) in [5.41, 5.74) is -0.110. The van der Waals surface area contributed by atoms with Gasteiger partial charge in [-0.3, -0.25) is 0 Å². The molecule has 5 heteroatoms. The van der Waals surface area contributed by atoms with E-state index in [9.17, 15) is 13.2 Å². The van der Waals surface area contributed by atoms with Crippen LogP contribution in [0.5, 0.6) is 0 Å². The molecule has 21 heavy (non-hydrogen) atoms. The second-order valence-electron chi connectivity index (χ2n) is 6.09. The maximum Gasteiger partial charge on any atom is 0.416 e. The largest absolute Gasteiger partial charge is 0.416 e. The molecule has 0 radical (unpaired) electrons. The molecule has 2 unspecified atom stereocenters. The molecule has 0 aromatic heterocycles. The number of anilines is 1. The van der Waals surface area contributed by atoms with E-state index in [0.717, 1.165) is 19.4 Å². The zero-order chi connectivity index (χ0) is 15.0. The molecular formula is C16H20F3NO. The van der Waals surface area contributed by atoms with Gasteiger partial charge in [-0.2, -0.15) is 13.2 Å². The summed E-state index contributed by atoms with van der Waals surface area (Å²) in [5, 5.41) is 9.11. The van der Waals surface area contributed by atoms with Crippen LogP contribution in [0, 0.1) is 5.92 Å². The third kappa shape index (κ3) is 2.76. The molecule has 1 aliphatic carbocycles. The van der Waals surface area contributed by atoms with Gasteiger partial charge in [0.05, 0.1) is 12.2 Å². The summed E-state index contributed by atoms with van der Waals surface area (Å²) in [5.74, 6) is 0.630. The molecule has 1 N–H and O–H groups in total. The topological polar surface area (TPSA) is 23.5 Å². The number of nitrogens with zero attached hydrogens (tertiary/aromatic N) is 1. The van der Waals surface area contributed by atoms with E-state index >= 15 is 0 Å². The average Bonchev–Trinajstić information content (AvgIpc) is 2.89. The van der Waals surface area contributed by atoms with Crippen molar-refractivity contribution in [2.75, 3.05) is 11.4 Å². The first kappa shape index (κ1) is 14.7. The lowest BCUT2D eigenvalue weighted by molar-refractivity contribution is -0.138. The van der Waals surface area contributed by atoms with Crippen LogP contribution in [0.15, 0.2) is 18.2 Å². The molecule has 1 aromatic carbocycles. The Morgan fingerprint density at radius 3 is 2.62 bits per heavy atom. The van der Waals surface area contributed by atoms with Crippen LogP contribution in [0.3, 0.4) is 0 Å². The summed E-state index contributed by atoms with van der Waals surface area (Å²) in [4.78, 5) is 2.14. The summed E-state index contributed by atoms with van der Waals surface area (Å²) in [7, 11) is 0. The number of halogens is 3. The summed E-state index contributed by atoms with van der Waals surface area (Å²) < 4.78 is 39.3. The van der Waals surface area contributed by atoms with Gasteiger partial charge in [0, 0.05) is 18.3 Å². The highest BCUT2D eigenvalue weighted by Crippen LogP contribution is 2.41. The molecule has 2 aliphatic rings. The number of benzene rings is 1. The molecule has 0 bridgehead atoms. The highest BCUT2D eigenvalue weighted by atomic mass is 19.4. The molecule has 0 amide bonds. The minimum Gasteiger partial charge on any atom is -0.392 e. The lowest BCUT2D eigenvalue weighted by Crippen LogP contribution is -2.34. The molecule has 3 rings (SSSR count). The highest BCUT2D eigenvalue weighted by Gasteiger charge is 2.38. The quantitative estimate of drug-likeness (QED) is 0.893. The zero-order valence-electron chi connectivity index (χ0n) is 11.9. The number of aliphatic hydroxyl groups excluding tert-OH is 1. The van der Waals surface area contributed by atoms with Gasteiger partial charge in [-0.1, -0.05) is 18.9 Å². The molecule has 116 valence electrons. The zero-order valence-corrected chi connectivity index (χ0v) is 11.9. The Hall–Kier alpha value is -1.23. The first-order valence-electron chi connectivity index (χ1n) is 7.58. The van der Waals surface area contributed by atoms with Crippen LogP contribution >= 0.6 is 0 Å². The summed E-state index contributed by atoms with van der Waals surface area (Å²) in [6.45, 7) is 0.256. The number of hydrogen-bond donors (Lipinski definition) is 1. The van der Waals surface area contributed by atoms with Crippen LogP contribution in [0.4, 0.5) is 18.9 Å². The Bertz CT molecular complexity index is 515. The molecule has 2 nitrogen and oxygen atoms in total. The number of fused-ring (bicyclic) bond motifs is 1. The molecule has 2 atom stereocenters. The third-order valence-corrected chi connectivity index (χ3v) is 4.91. The third-order valence-electron chi connectivity index (χ3n) is 4.91. The van der Waals surface area contributed by atoms with Gasteiger partial charge in [0.25, 0.3) is 0 Å².